The maximum atomic E-state index is 13.0. The Bertz CT molecular complexity index is 1110. The topological polar surface area (TPSA) is 110 Å². The van der Waals surface area contributed by atoms with E-state index in [9.17, 15) is 9.59 Å². The zero-order valence-electron chi connectivity index (χ0n) is 16.7. The van der Waals surface area contributed by atoms with Crippen LogP contribution in [0.4, 0.5) is 5.82 Å². The first-order valence-electron chi connectivity index (χ1n) is 9.90. The van der Waals surface area contributed by atoms with E-state index in [2.05, 4.69) is 32.7 Å². The van der Waals surface area contributed by atoms with Crippen molar-refractivity contribution in [2.24, 2.45) is 0 Å². The molecule has 4 rings (SSSR count). The molecule has 2 aromatic carbocycles. The van der Waals surface area contributed by atoms with Crippen molar-refractivity contribution in [3.63, 3.8) is 0 Å². The van der Waals surface area contributed by atoms with Gasteiger partial charge in [0.1, 0.15) is 0 Å². The standard InChI is InChI=1S/C23H23N5O2/c1-25-23(30)20-21(24)26-13-19(27-20)15-8-4-9-16(12-15)22(29)28-18-11-5-7-14-6-2-3-10-17(14)18/h2-4,6,8-10,12-13,18H,5,7,11H2,1H3,(H2,24,26)(H,25,30)(H,28,29)/t18-/m1/s1. The van der Waals surface area contributed by atoms with Gasteiger partial charge in [-0.1, -0.05) is 36.4 Å². The minimum Gasteiger partial charge on any atom is -0.382 e. The van der Waals surface area contributed by atoms with Crippen LogP contribution in [0.3, 0.4) is 0 Å². The summed E-state index contributed by atoms with van der Waals surface area (Å²) in [6.45, 7) is 0. The smallest absolute Gasteiger partial charge is 0.273 e. The molecule has 0 radical (unpaired) electrons. The fraction of sp³-hybridized carbons (Fsp3) is 0.217. The predicted molar refractivity (Wildman–Crippen MR) is 115 cm³/mol. The number of hydrogen-bond acceptors (Lipinski definition) is 5. The second-order valence-corrected chi connectivity index (χ2v) is 7.27. The van der Waals surface area contributed by atoms with Gasteiger partial charge in [-0.05, 0) is 42.5 Å². The first-order valence-corrected chi connectivity index (χ1v) is 9.90. The number of rotatable bonds is 4. The molecular formula is C23H23N5O2. The molecule has 0 spiro atoms. The van der Waals surface area contributed by atoms with Gasteiger partial charge in [0.25, 0.3) is 11.8 Å². The van der Waals surface area contributed by atoms with E-state index < -0.39 is 5.91 Å². The molecule has 2 amide bonds. The van der Waals surface area contributed by atoms with Crippen LogP contribution >= 0.6 is 0 Å². The number of nitrogens with one attached hydrogen (secondary N) is 2. The molecule has 0 unspecified atom stereocenters. The second kappa shape index (κ2) is 8.32. The van der Waals surface area contributed by atoms with E-state index in [1.54, 1.807) is 18.2 Å². The molecule has 7 heteroatoms. The Balaban J connectivity index is 1.59. The normalized spacial score (nSPS) is 15.2. The molecule has 0 saturated heterocycles. The molecule has 1 aliphatic carbocycles. The van der Waals surface area contributed by atoms with Crippen molar-refractivity contribution in [2.75, 3.05) is 12.8 Å². The molecule has 3 aromatic rings. The van der Waals surface area contributed by atoms with E-state index in [-0.39, 0.29) is 23.5 Å². The summed E-state index contributed by atoms with van der Waals surface area (Å²) in [7, 11) is 1.50. The van der Waals surface area contributed by atoms with Crippen molar-refractivity contribution >= 4 is 17.6 Å². The summed E-state index contributed by atoms with van der Waals surface area (Å²) in [6.07, 6.45) is 4.50. The number of nitrogens with two attached hydrogens (primary N) is 1. The molecule has 1 atom stereocenters. The fourth-order valence-corrected chi connectivity index (χ4v) is 3.79. The summed E-state index contributed by atoms with van der Waals surface area (Å²) >= 11 is 0. The van der Waals surface area contributed by atoms with Gasteiger partial charge < -0.3 is 16.4 Å². The molecule has 1 heterocycles. The summed E-state index contributed by atoms with van der Waals surface area (Å²) in [5.41, 5.74) is 9.99. The third-order valence-corrected chi connectivity index (χ3v) is 5.34. The number of nitrogens with zero attached hydrogens (tertiary/aromatic N) is 2. The number of carbonyl (C=O) groups is 2. The van der Waals surface area contributed by atoms with Crippen LogP contribution in [0.15, 0.2) is 54.7 Å². The minimum atomic E-state index is -0.410. The highest BCUT2D eigenvalue weighted by atomic mass is 16.2. The maximum absolute atomic E-state index is 13.0. The van der Waals surface area contributed by atoms with Crippen LogP contribution in [-0.4, -0.2) is 28.8 Å². The number of nitrogen functional groups attached to an aromatic ring is 1. The van der Waals surface area contributed by atoms with E-state index in [4.69, 9.17) is 5.73 Å². The van der Waals surface area contributed by atoms with Gasteiger partial charge in [0.05, 0.1) is 17.9 Å². The largest absolute Gasteiger partial charge is 0.382 e. The Morgan fingerprint density at radius 3 is 2.77 bits per heavy atom. The lowest BCUT2D eigenvalue weighted by atomic mass is 9.87. The SMILES string of the molecule is CNC(=O)c1nc(-c2cccc(C(=O)N[C@@H]3CCCc4ccccc43)c2)cnc1N. The lowest BCUT2D eigenvalue weighted by Gasteiger charge is -2.26. The van der Waals surface area contributed by atoms with Crippen molar-refractivity contribution in [1.82, 2.24) is 20.6 Å². The molecule has 1 aromatic heterocycles. The van der Waals surface area contributed by atoms with Gasteiger partial charge >= 0.3 is 0 Å². The number of hydrogen-bond donors (Lipinski definition) is 3. The first-order chi connectivity index (χ1) is 14.6. The van der Waals surface area contributed by atoms with Gasteiger partial charge in [-0.2, -0.15) is 0 Å². The summed E-state index contributed by atoms with van der Waals surface area (Å²) in [5, 5.41) is 5.66. The minimum absolute atomic E-state index is 0.00211. The Kier molecular flexibility index (Phi) is 5.43. The van der Waals surface area contributed by atoms with Crippen LogP contribution in [0.1, 0.15) is 50.9 Å². The van der Waals surface area contributed by atoms with E-state index >= 15 is 0 Å². The van der Waals surface area contributed by atoms with Crippen LogP contribution in [0.2, 0.25) is 0 Å². The lowest BCUT2D eigenvalue weighted by Crippen LogP contribution is -2.31. The third kappa shape index (κ3) is 3.87. The fourth-order valence-electron chi connectivity index (χ4n) is 3.79. The van der Waals surface area contributed by atoms with Gasteiger partial charge in [0.15, 0.2) is 11.5 Å². The Morgan fingerprint density at radius 1 is 1.10 bits per heavy atom. The van der Waals surface area contributed by atoms with E-state index in [0.717, 1.165) is 19.3 Å². The molecule has 0 fully saturated rings. The molecule has 0 bridgehead atoms. The van der Waals surface area contributed by atoms with Crippen LogP contribution < -0.4 is 16.4 Å². The molecule has 4 N–H and O–H groups in total. The summed E-state index contributed by atoms with van der Waals surface area (Å²) < 4.78 is 0. The van der Waals surface area contributed by atoms with E-state index in [1.165, 1.54) is 24.4 Å². The summed E-state index contributed by atoms with van der Waals surface area (Å²) in [4.78, 5) is 33.3. The summed E-state index contributed by atoms with van der Waals surface area (Å²) in [5.74, 6) is -0.497. The Hall–Kier alpha value is -3.74. The number of benzene rings is 2. The molecule has 0 aliphatic heterocycles. The number of fused-ring (bicyclic) bond motifs is 1. The monoisotopic (exact) mass is 401 g/mol. The zero-order valence-corrected chi connectivity index (χ0v) is 16.7. The van der Waals surface area contributed by atoms with Crippen molar-refractivity contribution in [3.05, 3.63) is 77.1 Å². The van der Waals surface area contributed by atoms with Crippen LogP contribution in [0.25, 0.3) is 11.3 Å². The molecule has 7 nitrogen and oxygen atoms in total. The third-order valence-electron chi connectivity index (χ3n) is 5.34. The molecule has 30 heavy (non-hydrogen) atoms. The highest BCUT2D eigenvalue weighted by molar-refractivity contribution is 5.97. The van der Waals surface area contributed by atoms with Crippen molar-refractivity contribution in [2.45, 2.75) is 25.3 Å². The van der Waals surface area contributed by atoms with Gasteiger partial charge in [-0.15, -0.1) is 0 Å². The van der Waals surface area contributed by atoms with Crippen molar-refractivity contribution in [3.8, 4) is 11.3 Å². The Labute approximate surface area is 174 Å². The highest BCUT2D eigenvalue weighted by Crippen LogP contribution is 2.30. The maximum Gasteiger partial charge on any atom is 0.273 e. The van der Waals surface area contributed by atoms with Gasteiger partial charge in [0, 0.05) is 18.2 Å². The van der Waals surface area contributed by atoms with E-state index in [0.29, 0.717) is 16.8 Å². The molecule has 152 valence electrons. The van der Waals surface area contributed by atoms with Gasteiger partial charge in [0.2, 0.25) is 0 Å². The van der Waals surface area contributed by atoms with E-state index in [1.807, 2.05) is 18.2 Å². The van der Waals surface area contributed by atoms with Gasteiger partial charge in [-0.3, -0.25) is 9.59 Å². The van der Waals surface area contributed by atoms with Crippen molar-refractivity contribution < 1.29 is 9.59 Å². The van der Waals surface area contributed by atoms with Crippen LogP contribution in [0.5, 0.6) is 0 Å². The lowest BCUT2D eigenvalue weighted by molar-refractivity contribution is 0.0930. The van der Waals surface area contributed by atoms with Gasteiger partial charge in [-0.25, -0.2) is 9.97 Å². The quantitative estimate of drug-likeness (QED) is 0.623. The first kappa shape index (κ1) is 19.6. The van der Waals surface area contributed by atoms with Crippen LogP contribution in [0, 0.1) is 0 Å². The summed E-state index contributed by atoms with van der Waals surface area (Å²) in [6, 6.07) is 15.4. The number of aromatic nitrogens is 2. The molecule has 1 aliphatic rings. The zero-order chi connectivity index (χ0) is 21.1. The molecular weight excluding hydrogens is 378 g/mol. The average molecular weight is 401 g/mol. The Morgan fingerprint density at radius 2 is 1.93 bits per heavy atom. The molecule has 0 saturated carbocycles. The highest BCUT2D eigenvalue weighted by Gasteiger charge is 2.22. The van der Waals surface area contributed by atoms with Crippen molar-refractivity contribution in [1.29, 1.82) is 0 Å². The number of aryl methyl sites for hydroxylation is 1. The predicted octanol–water partition coefficient (Wildman–Crippen LogP) is 2.89. The van der Waals surface area contributed by atoms with Crippen LogP contribution in [-0.2, 0) is 6.42 Å². The number of amides is 2. The number of carbonyl (C=O) groups excluding carboxylic acids is 2. The average Bonchev–Trinajstić information content (AvgIpc) is 2.79. The number of anilines is 1. The second-order valence-electron chi connectivity index (χ2n) is 7.27.